The summed E-state index contributed by atoms with van der Waals surface area (Å²) in [4.78, 5) is 72.7. The van der Waals surface area contributed by atoms with Crippen molar-refractivity contribution in [2.75, 3.05) is 39.6 Å². The van der Waals surface area contributed by atoms with Crippen molar-refractivity contribution in [2.45, 2.75) is 382 Å². The predicted octanol–water partition coefficient (Wildman–Crippen LogP) is 20.9. The number of unbranched alkanes of at least 4 members (excludes halogenated alkanes) is 34. The SMILES string of the molecule is CCC(C)CCCCCCCCCCCCC(=O)O[C@H](COC(=O)CCCCCCCCC(C)CC)COP(=O)(O)OC[C@H](O)COP(=O)(O)OC[C@@H](COC(=O)CCCCCCCCCCCCC(C)C)OC(=O)CCCCCCCCCCCCCCC(C)C. The van der Waals surface area contributed by atoms with Gasteiger partial charge >= 0.3 is 39.5 Å². The summed E-state index contributed by atoms with van der Waals surface area (Å²) in [5.74, 6) is 0.944. The minimum Gasteiger partial charge on any atom is -0.462 e. The van der Waals surface area contributed by atoms with Crippen molar-refractivity contribution in [1.29, 1.82) is 0 Å². The summed E-state index contributed by atoms with van der Waals surface area (Å²) < 4.78 is 68.4. The number of rotatable bonds is 70. The van der Waals surface area contributed by atoms with Gasteiger partial charge in [0.1, 0.15) is 19.3 Å². The van der Waals surface area contributed by atoms with Gasteiger partial charge in [-0.1, -0.05) is 312 Å². The number of hydrogen-bond donors (Lipinski definition) is 3. The minimum atomic E-state index is -4.96. The fraction of sp³-hybridized carbons (Fsp3) is 0.945. The molecule has 0 rings (SSSR count). The normalized spacial score (nSPS) is 14.8. The van der Waals surface area contributed by atoms with Gasteiger partial charge in [-0.2, -0.15) is 0 Å². The van der Waals surface area contributed by atoms with E-state index in [1.807, 2.05) is 0 Å². The highest BCUT2D eigenvalue weighted by Gasteiger charge is 2.30. The molecule has 0 radical (unpaired) electrons. The summed E-state index contributed by atoms with van der Waals surface area (Å²) in [7, 11) is -9.91. The molecule has 0 aromatic rings. The Balaban J connectivity index is 5.27. The summed E-state index contributed by atoms with van der Waals surface area (Å²) in [6.45, 7) is 14.2. The summed E-state index contributed by atoms with van der Waals surface area (Å²) in [6, 6.07) is 0. The Morgan fingerprint density at radius 2 is 0.522 bits per heavy atom. The number of ether oxygens (including phenoxy) is 4. The van der Waals surface area contributed by atoms with E-state index >= 15 is 0 Å². The zero-order chi connectivity index (χ0) is 68.2. The molecular weight excluding hydrogens is 1210 g/mol. The number of carbonyl (C=O) groups is 4. The first-order valence-electron chi connectivity index (χ1n) is 37.8. The molecular formula is C73H142O17P2. The van der Waals surface area contributed by atoms with Crippen molar-refractivity contribution >= 4 is 39.5 Å². The summed E-state index contributed by atoms with van der Waals surface area (Å²) >= 11 is 0. The first-order chi connectivity index (χ1) is 44.2. The second kappa shape index (κ2) is 62.6. The van der Waals surface area contributed by atoms with Gasteiger partial charge in [0.2, 0.25) is 0 Å². The Hall–Kier alpha value is -1.94. The molecule has 0 saturated carbocycles. The van der Waals surface area contributed by atoms with E-state index < -0.39 is 97.5 Å². The van der Waals surface area contributed by atoms with Crippen molar-refractivity contribution in [2.24, 2.45) is 23.7 Å². The minimum absolute atomic E-state index is 0.105. The van der Waals surface area contributed by atoms with Crippen LogP contribution in [0.25, 0.3) is 0 Å². The molecule has 7 atom stereocenters. The summed E-state index contributed by atoms with van der Waals surface area (Å²) in [5, 5.41) is 10.6. The van der Waals surface area contributed by atoms with Crippen LogP contribution in [0.15, 0.2) is 0 Å². The van der Waals surface area contributed by atoms with Crippen LogP contribution in [-0.2, 0) is 65.4 Å². The van der Waals surface area contributed by atoms with Crippen LogP contribution in [0.4, 0.5) is 0 Å². The maximum Gasteiger partial charge on any atom is 0.472 e. The van der Waals surface area contributed by atoms with Gasteiger partial charge in [-0.25, -0.2) is 9.13 Å². The van der Waals surface area contributed by atoms with Crippen LogP contribution >= 0.6 is 15.6 Å². The molecule has 546 valence electrons. The van der Waals surface area contributed by atoms with Crippen LogP contribution in [-0.4, -0.2) is 96.7 Å². The molecule has 4 unspecified atom stereocenters. The third kappa shape index (κ3) is 64.1. The van der Waals surface area contributed by atoms with E-state index in [2.05, 4.69) is 55.4 Å². The van der Waals surface area contributed by atoms with E-state index in [1.165, 1.54) is 161 Å². The third-order valence-electron chi connectivity index (χ3n) is 17.5. The van der Waals surface area contributed by atoms with Gasteiger partial charge in [0.05, 0.1) is 26.4 Å². The lowest BCUT2D eigenvalue weighted by molar-refractivity contribution is -0.161. The predicted molar refractivity (Wildman–Crippen MR) is 372 cm³/mol. The zero-order valence-corrected chi connectivity index (χ0v) is 62.0. The van der Waals surface area contributed by atoms with Crippen LogP contribution in [0.3, 0.4) is 0 Å². The molecule has 0 spiro atoms. The standard InChI is InChI=1S/C73H142O17P2/c1-9-65(7)51-43-35-27-21-16-18-24-30-40-48-56-73(78)90-69(60-84-71(76)54-46-38-32-31-36-44-52-66(8)10-2)62-88-92(81,82)86-58-67(74)57-85-91(79,80)87-61-68(59-83-70(75)53-45-37-28-22-17-15-20-26-34-42-50-64(5)6)89-72(77)55-47-39-29-23-14-12-11-13-19-25-33-41-49-63(3)4/h63-69,74H,9-62H2,1-8H3,(H,79,80)(H,81,82)/t65?,66?,67-,68-,69-/m1/s1. The number of aliphatic hydroxyl groups excluding tert-OH is 1. The number of aliphatic hydroxyl groups is 1. The number of carbonyl (C=O) groups excluding carboxylic acids is 4. The van der Waals surface area contributed by atoms with E-state index in [9.17, 15) is 43.2 Å². The van der Waals surface area contributed by atoms with E-state index in [0.717, 1.165) is 120 Å². The highest BCUT2D eigenvalue weighted by molar-refractivity contribution is 7.47. The molecule has 0 fully saturated rings. The van der Waals surface area contributed by atoms with Gasteiger partial charge in [-0.3, -0.25) is 37.3 Å². The average Bonchev–Trinajstić information content (AvgIpc) is 2.39. The molecule has 17 nitrogen and oxygen atoms in total. The molecule has 0 saturated heterocycles. The van der Waals surface area contributed by atoms with Gasteiger partial charge in [-0.05, 0) is 49.4 Å². The summed E-state index contributed by atoms with van der Waals surface area (Å²) in [5.41, 5.74) is 0. The summed E-state index contributed by atoms with van der Waals surface area (Å²) in [6.07, 6.45) is 45.7. The average molecular weight is 1350 g/mol. The van der Waals surface area contributed by atoms with Crippen molar-refractivity contribution in [3.05, 3.63) is 0 Å². The Labute approximate surface area is 562 Å². The molecule has 0 bridgehead atoms. The molecule has 0 aromatic heterocycles. The van der Waals surface area contributed by atoms with E-state index in [4.69, 9.17) is 37.0 Å². The highest BCUT2D eigenvalue weighted by Crippen LogP contribution is 2.45. The maximum atomic E-state index is 13.1. The molecule has 0 aromatic carbocycles. The van der Waals surface area contributed by atoms with Crippen LogP contribution in [0, 0.1) is 23.7 Å². The van der Waals surface area contributed by atoms with Gasteiger partial charge in [0.25, 0.3) is 0 Å². The Kier molecular flexibility index (Phi) is 61.3. The van der Waals surface area contributed by atoms with Crippen LogP contribution in [0.1, 0.15) is 364 Å². The fourth-order valence-corrected chi connectivity index (χ4v) is 12.5. The zero-order valence-electron chi connectivity index (χ0n) is 60.2. The third-order valence-corrected chi connectivity index (χ3v) is 19.4. The van der Waals surface area contributed by atoms with Gasteiger partial charge in [0, 0.05) is 25.7 Å². The van der Waals surface area contributed by atoms with Crippen molar-refractivity contribution in [3.63, 3.8) is 0 Å². The molecule has 0 aliphatic carbocycles. The van der Waals surface area contributed by atoms with Crippen molar-refractivity contribution in [3.8, 4) is 0 Å². The molecule has 92 heavy (non-hydrogen) atoms. The number of phosphoric acid groups is 2. The fourth-order valence-electron chi connectivity index (χ4n) is 11.0. The van der Waals surface area contributed by atoms with Gasteiger partial charge in [-0.15, -0.1) is 0 Å². The molecule has 0 aliphatic heterocycles. The largest absolute Gasteiger partial charge is 0.472 e. The second-order valence-electron chi connectivity index (χ2n) is 27.8. The highest BCUT2D eigenvalue weighted by atomic mass is 31.2. The Morgan fingerprint density at radius 3 is 0.772 bits per heavy atom. The molecule has 19 heteroatoms. The lowest BCUT2D eigenvalue weighted by Crippen LogP contribution is -2.30. The Morgan fingerprint density at radius 1 is 0.304 bits per heavy atom. The molecule has 0 amide bonds. The van der Waals surface area contributed by atoms with E-state index in [-0.39, 0.29) is 25.7 Å². The van der Waals surface area contributed by atoms with Crippen molar-refractivity contribution in [1.82, 2.24) is 0 Å². The molecule has 3 N–H and O–H groups in total. The maximum absolute atomic E-state index is 13.1. The van der Waals surface area contributed by atoms with Gasteiger partial charge < -0.3 is 33.8 Å². The quantitative estimate of drug-likeness (QED) is 0.0222. The number of esters is 4. The van der Waals surface area contributed by atoms with Crippen LogP contribution in [0.2, 0.25) is 0 Å². The number of phosphoric ester groups is 2. The monoisotopic (exact) mass is 1350 g/mol. The second-order valence-corrected chi connectivity index (χ2v) is 30.7. The van der Waals surface area contributed by atoms with Crippen LogP contribution < -0.4 is 0 Å². The van der Waals surface area contributed by atoms with E-state index in [1.54, 1.807) is 0 Å². The lowest BCUT2D eigenvalue weighted by Gasteiger charge is -2.21. The molecule has 0 heterocycles. The first-order valence-corrected chi connectivity index (χ1v) is 40.8. The Bertz CT molecular complexity index is 1820. The lowest BCUT2D eigenvalue weighted by atomic mass is 9.99. The smallest absolute Gasteiger partial charge is 0.462 e. The van der Waals surface area contributed by atoms with Crippen molar-refractivity contribution < 1.29 is 80.2 Å². The van der Waals surface area contributed by atoms with Gasteiger partial charge in [0.15, 0.2) is 12.2 Å². The molecule has 0 aliphatic rings. The van der Waals surface area contributed by atoms with Crippen LogP contribution in [0.5, 0.6) is 0 Å². The van der Waals surface area contributed by atoms with E-state index in [0.29, 0.717) is 25.7 Å². The number of hydrogen-bond acceptors (Lipinski definition) is 15. The first kappa shape index (κ1) is 90.1. The topological polar surface area (TPSA) is 237 Å².